The molecule has 106 valence electrons. The molecule has 0 unspecified atom stereocenters. The average Bonchev–Trinajstić information content (AvgIpc) is 2.77. The molecule has 0 saturated heterocycles. The Morgan fingerprint density at radius 3 is 2.70 bits per heavy atom. The van der Waals surface area contributed by atoms with Gasteiger partial charge >= 0.3 is 5.97 Å². The lowest BCUT2D eigenvalue weighted by atomic mass is 10.1. The van der Waals surface area contributed by atoms with Crippen molar-refractivity contribution in [1.82, 2.24) is 4.98 Å². The molecule has 1 aromatic carbocycles. The summed E-state index contributed by atoms with van der Waals surface area (Å²) >= 11 is 13.1. The van der Waals surface area contributed by atoms with Crippen LogP contribution in [0.15, 0.2) is 18.2 Å². The van der Waals surface area contributed by atoms with Crippen LogP contribution < -0.4 is 0 Å². The quantitative estimate of drug-likeness (QED) is 0.865. The molecular formula is C14H13Cl2NO2S. The van der Waals surface area contributed by atoms with Crippen LogP contribution in [0.25, 0.3) is 0 Å². The normalized spacial score (nSPS) is 10.8. The van der Waals surface area contributed by atoms with E-state index in [4.69, 9.17) is 23.2 Å². The molecule has 2 aromatic rings. The number of hydrogen-bond acceptors (Lipinski definition) is 3. The second-order valence-corrected chi connectivity index (χ2v) is 6.26. The fourth-order valence-electron chi connectivity index (χ4n) is 1.87. The van der Waals surface area contributed by atoms with E-state index in [1.54, 1.807) is 12.1 Å². The van der Waals surface area contributed by atoms with Gasteiger partial charge in [-0.05, 0) is 24.1 Å². The molecule has 0 aliphatic heterocycles. The van der Waals surface area contributed by atoms with Gasteiger partial charge in [-0.25, -0.2) is 9.78 Å². The molecule has 3 nitrogen and oxygen atoms in total. The highest BCUT2D eigenvalue weighted by Crippen LogP contribution is 2.26. The highest BCUT2D eigenvalue weighted by Gasteiger charge is 2.16. The fourth-order valence-corrected chi connectivity index (χ4v) is 3.18. The largest absolute Gasteiger partial charge is 0.477 e. The van der Waals surface area contributed by atoms with E-state index in [0.717, 1.165) is 17.0 Å². The van der Waals surface area contributed by atoms with E-state index >= 15 is 0 Å². The third-order valence-electron chi connectivity index (χ3n) is 2.76. The number of aromatic carboxylic acids is 1. The lowest BCUT2D eigenvalue weighted by Crippen LogP contribution is -1.98. The maximum Gasteiger partial charge on any atom is 0.347 e. The van der Waals surface area contributed by atoms with E-state index in [1.165, 1.54) is 11.3 Å². The van der Waals surface area contributed by atoms with Crippen LogP contribution in [-0.4, -0.2) is 16.1 Å². The topological polar surface area (TPSA) is 50.2 Å². The molecule has 0 saturated carbocycles. The Kier molecular flexibility index (Phi) is 5.02. The highest BCUT2D eigenvalue weighted by atomic mass is 35.5. The lowest BCUT2D eigenvalue weighted by Gasteiger charge is -2.00. The Morgan fingerprint density at radius 1 is 1.35 bits per heavy atom. The fraction of sp³-hybridized carbons (Fsp3) is 0.286. The van der Waals surface area contributed by atoms with E-state index in [2.05, 4.69) is 4.98 Å². The summed E-state index contributed by atoms with van der Waals surface area (Å²) in [4.78, 5) is 16.0. The summed E-state index contributed by atoms with van der Waals surface area (Å²) in [6.45, 7) is 2.00. The third kappa shape index (κ3) is 3.51. The molecule has 0 bridgehead atoms. The van der Waals surface area contributed by atoms with E-state index in [1.807, 2.05) is 13.0 Å². The van der Waals surface area contributed by atoms with E-state index in [-0.39, 0.29) is 0 Å². The SMILES string of the molecule is CCCc1nc(Cc2ccc(Cl)c(Cl)c2)sc1C(=O)O. The first kappa shape index (κ1) is 15.3. The van der Waals surface area contributed by atoms with E-state index < -0.39 is 5.97 Å². The summed E-state index contributed by atoms with van der Waals surface area (Å²) in [7, 11) is 0. The minimum absolute atomic E-state index is 0.335. The average molecular weight is 330 g/mol. The van der Waals surface area contributed by atoms with Crippen molar-refractivity contribution in [3.05, 3.63) is 49.4 Å². The summed E-state index contributed by atoms with van der Waals surface area (Å²) in [5, 5.41) is 11.0. The molecule has 1 heterocycles. The van der Waals surface area contributed by atoms with Crippen LogP contribution in [0.4, 0.5) is 0 Å². The summed E-state index contributed by atoms with van der Waals surface area (Å²) in [6, 6.07) is 5.39. The van der Waals surface area contributed by atoms with Gasteiger partial charge in [0.2, 0.25) is 0 Å². The van der Waals surface area contributed by atoms with Gasteiger partial charge in [-0.1, -0.05) is 42.6 Å². The zero-order valence-electron chi connectivity index (χ0n) is 10.8. The minimum Gasteiger partial charge on any atom is -0.477 e. The van der Waals surface area contributed by atoms with Crippen molar-refractivity contribution in [2.24, 2.45) is 0 Å². The lowest BCUT2D eigenvalue weighted by molar-refractivity contribution is 0.0700. The molecule has 0 aliphatic rings. The number of benzene rings is 1. The Labute approximate surface area is 131 Å². The number of nitrogens with zero attached hydrogens (tertiary/aromatic N) is 1. The summed E-state index contributed by atoms with van der Waals surface area (Å²) in [5.74, 6) is -0.911. The van der Waals surface area contributed by atoms with Gasteiger partial charge in [0.05, 0.1) is 20.7 Å². The zero-order valence-corrected chi connectivity index (χ0v) is 13.1. The standard InChI is InChI=1S/C14H13Cl2NO2S/c1-2-3-11-13(14(18)19)20-12(17-11)7-8-4-5-9(15)10(16)6-8/h4-6H,2-3,7H2,1H3,(H,18,19). The minimum atomic E-state index is -0.911. The first-order valence-electron chi connectivity index (χ1n) is 6.17. The number of aryl methyl sites for hydroxylation is 1. The van der Waals surface area contributed by atoms with Crippen LogP contribution in [0.1, 0.15) is 39.3 Å². The molecule has 0 spiro atoms. The van der Waals surface area contributed by atoms with Crippen LogP contribution in [0.2, 0.25) is 10.0 Å². The molecule has 0 atom stereocenters. The Bertz CT molecular complexity index is 640. The van der Waals surface area contributed by atoms with Crippen molar-refractivity contribution in [3.63, 3.8) is 0 Å². The summed E-state index contributed by atoms with van der Waals surface area (Å²) < 4.78 is 0. The number of carboxylic acid groups (broad SMARTS) is 1. The van der Waals surface area contributed by atoms with Crippen LogP contribution in [-0.2, 0) is 12.8 Å². The molecule has 0 radical (unpaired) electrons. The van der Waals surface area contributed by atoms with E-state index in [9.17, 15) is 9.90 Å². The van der Waals surface area contributed by atoms with E-state index in [0.29, 0.717) is 33.5 Å². The molecule has 2 rings (SSSR count). The second-order valence-electron chi connectivity index (χ2n) is 4.36. The first-order valence-corrected chi connectivity index (χ1v) is 7.74. The monoisotopic (exact) mass is 329 g/mol. The van der Waals surface area contributed by atoms with Gasteiger partial charge in [-0.2, -0.15) is 0 Å². The number of thiazole rings is 1. The molecule has 6 heteroatoms. The van der Waals surface area contributed by atoms with Gasteiger partial charge in [-0.15, -0.1) is 11.3 Å². The summed E-state index contributed by atoms with van der Waals surface area (Å²) in [5.41, 5.74) is 1.63. The van der Waals surface area contributed by atoms with Gasteiger partial charge in [0.1, 0.15) is 4.88 Å². The number of carboxylic acids is 1. The second kappa shape index (κ2) is 6.57. The van der Waals surface area contributed by atoms with Gasteiger partial charge in [0.15, 0.2) is 0 Å². The number of hydrogen-bond donors (Lipinski definition) is 1. The molecular weight excluding hydrogens is 317 g/mol. The van der Waals surface area contributed by atoms with Crippen molar-refractivity contribution < 1.29 is 9.90 Å². The Balaban J connectivity index is 2.26. The van der Waals surface area contributed by atoms with Crippen LogP contribution in [0, 0.1) is 0 Å². The molecule has 1 N–H and O–H groups in total. The van der Waals surface area contributed by atoms with Gasteiger partial charge in [-0.3, -0.25) is 0 Å². The predicted octanol–water partition coefficient (Wildman–Crippen LogP) is 4.69. The van der Waals surface area contributed by atoms with Gasteiger partial charge in [0.25, 0.3) is 0 Å². The molecule has 0 amide bonds. The summed E-state index contributed by atoms with van der Waals surface area (Å²) in [6.07, 6.45) is 2.11. The van der Waals surface area contributed by atoms with Crippen molar-refractivity contribution >= 4 is 40.5 Å². The maximum atomic E-state index is 11.2. The first-order chi connectivity index (χ1) is 9.51. The van der Waals surface area contributed by atoms with Crippen molar-refractivity contribution in [2.45, 2.75) is 26.2 Å². The molecule has 20 heavy (non-hydrogen) atoms. The molecule has 0 fully saturated rings. The number of rotatable bonds is 5. The van der Waals surface area contributed by atoms with Crippen molar-refractivity contribution in [2.75, 3.05) is 0 Å². The van der Waals surface area contributed by atoms with Gasteiger partial charge in [0, 0.05) is 6.42 Å². The van der Waals surface area contributed by atoms with Crippen LogP contribution in [0.5, 0.6) is 0 Å². The number of carbonyl (C=O) groups is 1. The molecule has 1 aromatic heterocycles. The molecule has 0 aliphatic carbocycles. The Hall–Kier alpha value is -1.10. The van der Waals surface area contributed by atoms with Crippen molar-refractivity contribution in [1.29, 1.82) is 0 Å². The predicted molar refractivity (Wildman–Crippen MR) is 82.3 cm³/mol. The maximum absolute atomic E-state index is 11.2. The number of aromatic nitrogens is 1. The highest BCUT2D eigenvalue weighted by molar-refractivity contribution is 7.13. The number of halogens is 2. The van der Waals surface area contributed by atoms with Crippen LogP contribution in [0.3, 0.4) is 0 Å². The Morgan fingerprint density at radius 2 is 2.10 bits per heavy atom. The smallest absolute Gasteiger partial charge is 0.347 e. The zero-order chi connectivity index (χ0) is 14.7. The van der Waals surface area contributed by atoms with Crippen molar-refractivity contribution in [3.8, 4) is 0 Å². The van der Waals surface area contributed by atoms with Gasteiger partial charge < -0.3 is 5.11 Å². The third-order valence-corrected chi connectivity index (χ3v) is 4.59. The van der Waals surface area contributed by atoms with Crippen LogP contribution >= 0.6 is 34.5 Å².